The topological polar surface area (TPSA) is 21.3 Å². The van der Waals surface area contributed by atoms with Gasteiger partial charge in [-0.05, 0) is 52.4 Å². The summed E-state index contributed by atoms with van der Waals surface area (Å²) in [5.74, 6) is 0. The fourth-order valence-electron chi connectivity index (χ4n) is 2.64. The molecule has 1 unspecified atom stereocenters. The number of nitrogens with one attached hydrogen (secondary N) is 1. The van der Waals surface area contributed by atoms with Crippen LogP contribution in [0.1, 0.15) is 53.9 Å². The molecule has 1 saturated carbocycles. The van der Waals surface area contributed by atoms with Crippen LogP contribution in [0.2, 0.25) is 0 Å². The van der Waals surface area contributed by atoms with E-state index >= 15 is 0 Å². The first kappa shape index (κ1) is 11.4. The Morgan fingerprint density at radius 3 is 2.13 bits per heavy atom. The van der Waals surface area contributed by atoms with Gasteiger partial charge in [-0.15, -0.1) is 0 Å². The summed E-state index contributed by atoms with van der Waals surface area (Å²) in [4.78, 5) is 0. The molecule has 2 heteroatoms. The van der Waals surface area contributed by atoms with Crippen LogP contribution in [0, 0.1) is 5.41 Å². The maximum absolute atomic E-state index is 6.07. The Morgan fingerprint density at radius 1 is 1.13 bits per heavy atom. The van der Waals surface area contributed by atoms with E-state index in [1.54, 1.807) is 0 Å². The lowest BCUT2D eigenvalue weighted by Gasteiger charge is -2.28. The first-order valence-corrected chi connectivity index (χ1v) is 6.16. The van der Waals surface area contributed by atoms with E-state index in [-0.39, 0.29) is 11.2 Å². The molecule has 1 atom stereocenters. The normalized spacial score (nSPS) is 35.4. The lowest BCUT2D eigenvalue weighted by molar-refractivity contribution is -0.0699. The van der Waals surface area contributed by atoms with Gasteiger partial charge in [0.1, 0.15) is 0 Å². The summed E-state index contributed by atoms with van der Waals surface area (Å²) in [5.41, 5.74) is 0.600. The molecule has 0 aromatic rings. The van der Waals surface area contributed by atoms with Gasteiger partial charge >= 0.3 is 0 Å². The van der Waals surface area contributed by atoms with Crippen molar-refractivity contribution in [1.29, 1.82) is 0 Å². The second kappa shape index (κ2) is 3.21. The summed E-state index contributed by atoms with van der Waals surface area (Å²) >= 11 is 0. The van der Waals surface area contributed by atoms with Crippen molar-refractivity contribution < 1.29 is 4.74 Å². The summed E-state index contributed by atoms with van der Waals surface area (Å²) in [6.07, 6.45) is 3.89. The molecule has 2 aliphatic rings. The van der Waals surface area contributed by atoms with E-state index in [4.69, 9.17) is 4.74 Å². The van der Waals surface area contributed by atoms with Gasteiger partial charge in [-0.25, -0.2) is 0 Å². The highest BCUT2D eigenvalue weighted by atomic mass is 16.5. The van der Waals surface area contributed by atoms with Crippen molar-refractivity contribution in [3.8, 4) is 0 Å². The molecule has 1 saturated heterocycles. The average Bonchev–Trinajstić information content (AvgIpc) is 2.70. The van der Waals surface area contributed by atoms with Crippen LogP contribution in [0.4, 0.5) is 0 Å². The SMILES string of the molecule is CC1(CNC2CC(C)(C)OC2(C)C)CC1. The van der Waals surface area contributed by atoms with Gasteiger partial charge in [0.25, 0.3) is 0 Å². The van der Waals surface area contributed by atoms with E-state index in [1.807, 2.05) is 0 Å². The van der Waals surface area contributed by atoms with Crippen molar-refractivity contribution in [3.63, 3.8) is 0 Å². The zero-order valence-electron chi connectivity index (χ0n) is 10.8. The molecule has 1 N–H and O–H groups in total. The highest BCUT2D eigenvalue weighted by molar-refractivity contribution is 5.01. The average molecular weight is 211 g/mol. The van der Waals surface area contributed by atoms with Gasteiger partial charge in [0.2, 0.25) is 0 Å². The summed E-state index contributed by atoms with van der Waals surface area (Å²) in [6, 6.07) is 0.505. The molecule has 1 aliphatic heterocycles. The second-order valence-corrected chi connectivity index (χ2v) is 6.91. The summed E-state index contributed by atoms with van der Waals surface area (Å²) in [6.45, 7) is 12.3. The molecule has 0 radical (unpaired) electrons. The monoisotopic (exact) mass is 211 g/mol. The van der Waals surface area contributed by atoms with Gasteiger partial charge < -0.3 is 10.1 Å². The molecule has 0 aromatic heterocycles. The predicted octanol–water partition coefficient (Wildman–Crippen LogP) is 2.72. The van der Waals surface area contributed by atoms with Gasteiger partial charge in [0.15, 0.2) is 0 Å². The molecule has 1 aliphatic carbocycles. The molecular weight excluding hydrogens is 186 g/mol. The van der Waals surface area contributed by atoms with Crippen LogP contribution in [0.5, 0.6) is 0 Å². The Hall–Kier alpha value is -0.0800. The van der Waals surface area contributed by atoms with Crippen LogP contribution in [-0.4, -0.2) is 23.8 Å². The zero-order chi connectivity index (χ0) is 11.3. The van der Waals surface area contributed by atoms with E-state index in [2.05, 4.69) is 39.9 Å². The molecular formula is C13H25NO. The van der Waals surface area contributed by atoms with E-state index in [0.717, 1.165) is 13.0 Å². The van der Waals surface area contributed by atoms with Crippen molar-refractivity contribution in [2.45, 2.75) is 71.1 Å². The Balaban J connectivity index is 1.91. The lowest BCUT2D eigenvalue weighted by atomic mass is 9.94. The number of rotatable bonds is 3. The fraction of sp³-hybridized carbons (Fsp3) is 1.00. The van der Waals surface area contributed by atoms with Crippen LogP contribution in [-0.2, 0) is 4.74 Å². The fourth-order valence-corrected chi connectivity index (χ4v) is 2.64. The summed E-state index contributed by atoms with van der Waals surface area (Å²) in [5, 5.41) is 3.70. The van der Waals surface area contributed by atoms with Crippen LogP contribution >= 0.6 is 0 Å². The molecule has 15 heavy (non-hydrogen) atoms. The molecule has 0 aromatic carbocycles. The van der Waals surface area contributed by atoms with Crippen molar-refractivity contribution in [2.75, 3.05) is 6.54 Å². The molecule has 1 heterocycles. The van der Waals surface area contributed by atoms with Crippen molar-refractivity contribution in [3.05, 3.63) is 0 Å². The first-order valence-electron chi connectivity index (χ1n) is 6.16. The highest BCUT2D eigenvalue weighted by Gasteiger charge is 2.47. The third-order valence-electron chi connectivity index (χ3n) is 3.95. The van der Waals surface area contributed by atoms with E-state index in [1.165, 1.54) is 12.8 Å². The molecule has 0 amide bonds. The minimum absolute atomic E-state index is 0.0191. The standard InChI is InChI=1S/C13H25NO/c1-11(2)8-10(12(3,4)15-11)14-9-13(5)6-7-13/h10,14H,6-9H2,1-5H3. The second-order valence-electron chi connectivity index (χ2n) is 6.91. The van der Waals surface area contributed by atoms with Crippen LogP contribution in [0.25, 0.3) is 0 Å². The van der Waals surface area contributed by atoms with Crippen LogP contribution in [0.15, 0.2) is 0 Å². The van der Waals surface area contributed by atoms with E-state index < -0.39 is 0 Å². The Labute approximate surface area is 93.8 Å². The molecule has 2 rings (SSSR count). The van der Waals surface area contributed by atoms with Gasteiger partial charge in [0, 0.05) is 12.6 Å². The van der Waals surface area contributed by atoms with Crippen molar-refractivity contribution in [2.24, 2.45) is 5.41 Å². The van der Waals surface area contributed by atoms with Crippen LogP contribution < -0.4 is 5.32 Å². The third-order valence-corrected chi connectivity index (χ3v) is 3.95. The third kappa shape index (κ3) is 2.54. The number of hydrogen-bond donors (Lipinski definition) is 1. The predicted molar refractivity (Wildman–Crippen MR) is 63.0 cm³/mol. The number of hydrogen-bond acceptors (Lipinski definition) is 2. The van der Waals surface area contributed by atoms with E-state index in [0.29, 0.717) is 11.5 Å². The smallest absolute Gasteiger partial charge is 0.0787 e. The van der Waals surface area contributed by atoms with Gasteiger partial charge in [-0.2, -0.15) is 0 Å². The molecule has 2 nitrogen and oxygen atoms in total. The van der Waals surface area contributed by atoms with Crippen molar-refractivity contribution >= 4 is 0 Å². The molecule has 0 bridgehead atoms. The largest absolute Gasteiger partial charge is 0.368 e. The molecule has 2 fully saturated rings. The number of ether oxygens (including phenoxy) is 1. The van der Waals surface area contributed by atoms with Gasteiger partial charge in [-0.1, -0.05) is 6.92 Å². The van der Waals surface area contributed by atoms with E-state index in [9.17, 15) is 0 Å². The van der Waals surface area contributed by atoms with Gasteiger partial charge in [-0.3, -0.25) is 0 Å². The van der Waals surface area contributed by atoms with Crippen LogP contribution in [0.3, 0.4) is 0 Å². The minimum Gasteiger partial charge on any atom is -0.368 e. The van der Waals surface area contributed by atoms with Gasteiger partial charge in [0.05, 0.1) is 11.2 Å². The quantitative estimate of drug-likeness (QED) is 0.775. The van der Waals surface area contributed by atoms with Crippen molar-refractivity contribution in [1.82, 2.24) is 5.32 Å². The Kier molecular flexibility index (Phi) is 2.44. The minimum atomic E-state index is -0.0191. The zero-order valence-corrected chi connectivity index (χ0v) is 10.8. The molecule has 0 spiro atoms. The summed E-state index contributed by atoms with van der Waals surface area (Å²) < 4.78 is 6.07. The highest BCUT2D eigenvalue weighted by Crippen LogP contribution is 2.45. The Morgan fingerprint density at radius 2 is 1.73 bits per heavy atom. The first-order chi connectivity index (χ1) is 6.73. The Bertz CT molecular complexity index is 253. The maximum atomic E-state index is 6.07. The summed E-state index contributed by atoms with van der Waals surface area (Å²) in [7, 11) is 0. The molecule has 88 valence electrons. The maximum Gasteiger partial charge on any atom is 0.0787 e. The lowest BCUT2D eigenvalue weighted by Crippen LogP contribution is -2.45.